The summed E-state index contributed by atoms with van der Waals surface area (Å²) in [4.78, 5) is 20.5. The fraction of sp³-hybridized carbons (Fsp3) is 0.387. The van der Waals surface area contributed by atoms with Crippen LogP contribution in [0.3, 0.4) is 0 Å². The van der Waals surface area contributed by atoms with E-state index in [-0.39, 0.29) is 12.3 Å². The summed E-state index contributed by atoms with van der Waals surface area (Å²) in [6.07, 6.45) is 0.202. The van der Waals surface area contributed by atoms with Crippen molar-refractivity contribution in [2.75, 3.05) is 44.8 Å². The number of anilines is 1. The van der Waals surface area contributed by atoms with Gasteiger partial charge in [0.15, 0.2) is 17.5 Å². The number of carbonyl (C=O) groups excluding carboxylic acids is 1. The normalized spacial score (nSPS) is 14.4. The van der Waals surface area contributed by atoms with Crippen molar-refractivity contribution in [3.8, 4) is 28.9 Å². The van der Waals surface area contributed by atoms with Crippen LogP contribution in [0, 0.1) is 18.8 Å². The molecule has 0 radical (unpaired) electrons. The van der Waals surface area contributed by atoms with E-state index in [1.807, 2.05) is 30.5 Å². The molecule has 0 spiro atoms. The van der Waals surface area contributed by atoms with Gasteiger partial charge in [0.05, 0.1) is 31.1 Å². The number of benzene rings is 1. The molecule has 0 saturated carbocycles. The molecule has 1 atom stereocenters. The Labute approximate surface area is 239 Å². The first-order valence-corrected chi connectivity index (χ1v) is 13.6. The fourth-order valence-corrected chi connectivity index (χ4v) is 4.45. The first-order chi connectivity index (χ1) is 19.6. The van der Waals surface area contributed by atoms with Gasteiger partial charge in [0.1, 0.15) is 16.9 Å². The average Bonchev–Trinajstić information content (AvgIpc) is 3.60. The van der Waals surface area contributed by atoms with Gasteiger partial charge in [0.25, 0.3) is 0 Å². The smallest absolute Gasteiger partial charge is 0.410 e. The number of morpholine rings is 1. The lowest BCUT2D eigenvalue weighted by Gasteiger charge is -2.29. The zero-order valence-corrected chi connectivity index (χ0v) is 24.0. The summed E-state index contributed by atoms with van der Waals surface area (Å²) in [6, 6.07) is 13.8. The number of carbonyl (C=O) groups is 1. The molecule has 5 rings (SSSR count). The molecular weight excluding hydrogens is 522 g/mol. The van der Waals surface area contributed by atoms with Crippen LogP contribution in [0.15, 0.2) is 53.1 Å². The molecule has 1 saturated heterocycles. The average molecular weight is 558 g/mol. The lowest BCUT2D eigenvalue weighted by molar-refractivity contribution is 0.0320. The predicted molar refractivity (Wildman–Crippen MR) is 156 cm³/mol. The van der Waals surface area contributed by atoms with Crippen molar-refractivity contribution in [2.24, 2.45) is 0 Å². The number of ether oxygens (including phenoxy) is 2. The summed E-state index contributed by atoms with van der Waals surface area (Å²) in [5.41, 5.74) is 4.42. The van der Waals surface area contributed by atoms with Crippen LogP contribution in [-0.4, -0.2) is 76.4 Å². The van der Waals surface area contributed by atoms with Crippen molar-refractivity contribution in [3.63, 3.8) is 0 Å². The molecule has 1 amide bonds. The molecule has 1 N–H and O–H groups in total. The minimum Gasteiger partial charge on any atom is -0.453 e. The van der Waals surface area contributed by atoms with Crippen LogP contribution >= 0.6 is 0 Å². The third kappa shape index (κ3) is 6.70. The van der Waals surface area contributed by atoms with E-state index in [2.05, 4.69) is 35.8 Å². The molecule has 4 heterocycles. The molecule has 0 bridgehead atoms. The van der Waals surface area contributed by atoms with Crippen LogP contribution in [0.25, 0.3) is 28.2 Å². The van der Waals surface area contributed by atoms with Gasteiger partial charge >= 0.3 is 6.09 Å². The van der Waals surface area contributed by atoms with E-state index in [9.17, 15) is 9.90 Å². The number of aryl methyl sites for hydroxylation is 1. The number of rotatable bonds is 5. The molecule has 10 nitrogen and oxygen atoms in total. The molecule has 1 aromatic carbocycles. The van der Waals surface area contributed by atoms with Crippen molar-refractivity contribution < 1.29 is 23.8 Å². The van der Waals surface area contributed by atoms with Gasteiger partial charge in [-0.1, -0.05) is 35.6 Å². The second-order valence-corrected chi connectivity index (χ2v) is 11.0. The molecule has 1 aliphatic rings. The number of aromatic nitrogens is 3. The Morgan fingerprint density at radius 2 is 1.98 bits per heavy atom. The van der Waals surface area contributed by atoms with E-state index in [0.717, 1.165) is 22.5 Å². The molecule has 214 valence electrons. The van der Waals surface area contributed by atoms with Crippen LogP contribution in [-0.2, 0) is 9.47 Å². The van der Waals surface area contributed by atoms with Gasteiger partial charge in [-0.15, -0.1) is 0 Å². The summed E-state index contributed by atoms with van der Waals surface area (Å²) in [6.45, 7) is 10.1. The molecule has 1 unspecified atom stereocenters. The minimum atomic E-state index is -1.20. The van der Waals surface area contributed by atoms with E-state index in [4.69, 9.17) is 24.0 Å². The molecule has 10 heteroatoms. The molecule has 4 aromatic rings. The van der Waals surface area contributed by atoms with Gasteiger partial charge in [0.2, 0.25) is 0 Å². The highest BCUT2D eigenvalue weighted by molar-refractivity contribution is 5.88. The number of aliphatic hydroxyl groups is 1. The van der Waals surface area contributed by atoms with Crippen molar-refractivity contribution in [1.82, 2.24) is 19.7 Å². The topological polar surface area (TPSA) is 106 Å². The fourth-order valence-electron chi connectivity index (χ4n) is 4.45. The molecule has 3 aromatic heterocycles. The summed E-state index contributed by atoms with van der Waals surface area (Å²) in [7, 11) is 1.59. The van der Waals surface area contributed by atoms with E-state index in [1.165, 1.54) is 4.90 Å². The van der Waals surface area contributed by atoms with Gasteiger partial charge < -0.3 is 28.8 Å². The second-order valence-electron chi connectivity index (χ2n) is 11.0. The number of hydrogen-bond acceptors (Lipinski definition) is 8. The number of furan rings is 1. The second kappa shape index (κ2) is 11.6. The number of nitrogens with zero attached hydrogens (tertiary/aromatic N) is 5. The Kier molecular flexibility index (Phi) is 8.01. The van der Waals surface area contributed by atoms with Crippen LogP contribution in [0.5, 0.6) is 0 Å². The van der Waals surface area contributed by atoms with E-state index in [1.54, 1.807) is 38.6 Å². The first-order valence-electron chi connectivity index (χ1n) is 13.6. The van der Waals surface area contributed by atoms with Crippen LogP contribution in [0.4, 0.5) is 10.5 Å². The molecular formula is C31H35N5O5. The Hall–Kier alpha value is -4.33. The number of amides is 1. The zero-order chi connectivity index (χ0) is 29.1. The van der Waals surface area contributed by atoms with Crippen LogP contribution in [0.1, 0.15) is 38.2 Å². The number of aliphatic hydroxyl groups excluding tert-OH is 1. The van der Waals surface area contributed by atoms with Gasteiger partial charge in [-0.05, 0) is 39.8 Å². The van der Waals surface area contributed by atoms with E-state index >= 15 is 0 Å². The van der Waals surface area contributed by atoms with Crippen LogP contribution in [0.2, 0.25) is 0 Å². The zero-order valence-electron chi connectivity index (χ0n) is 24.0. The molecule has 41 heavy (non-hydrogen) atoms. The largest absolute Gasteiger partial charge is 0.453 e. The Bertz CT molecular complexity index is 1600. The predicted octanol–water partition coefficient (Wildman–Crippen LogP) is 4.73. The monoisotopic (exact) mass is 557 g/mol. The van der Waals surface area contributed by atoms with Crippen molar-refractivity contribution >= 4 is 22.9 Å². The maximum Gasteiger partial charge on any atom is 0.410 e. The summed E-state index contributed by atoms with van der Waals surface area (Å²) in [5, 5.41) is 15.6. The highest BCUT2D eigenvalue weighted by Crippen LogP contribution is 2.33. The highest BCUT2D eigenvalue weighted by atomic mass is 16.6. The highest BCUT2D eigenvalue weighted by Gasteiger charge is 2.22. The Balaban J connectivity index is 1.43. The van der Waals surface area contributed by atoms with Gasteiger partial charge in [-0.2, -0.15) is 5.10 Å². The molecule has 1 fully saturated rings. The Morgan fingerprint density at radius 1 is 1.20 bits per heavy atom. The number of hydrogen-bond donors (Lipinski definition) is 1. The van der Waals surface area contributed by atoms with Gasteiger partial charge in [-0.3, -0.25) is 0 Å². The van der Waals surface area contributed by atoms with Crippen LogP contribution < -0.4 is 4.90 Å². The lowest BCUT2D eigenvalue weighted by atomic mass is 10.1. The minimum absolute atomic E-state index is 0.0935. The summed E-state index contributed by atoms with van der Waals surface area (Å²) in [5.74, 6) is 6.50. The third-order valence-corrected chi connectivity index (χ3v) is 6.48. The van der Waals surface area contributed by atoms with E-state index in [0.29, 0.717) is 43.2 Å². The summed E-state index contributed by atoms with van der Waals surface area (Å²) < 4.78 is 18.8. The van der Waals surface area contributed by atoms with Crippen molar-refractivity contribution in [3.05, 3.63) is 60.0 Å². The Morgan fingerprint density at radius 3 is 2.71 bits per heavy atom. The molecule has 0 aliphatic carbocycles. The maximum atomic E-state index is 12.2. The lowest BCUT2D eigenvalue weighted by Crippen LogP contribution is -2.36. The van der Waals surface area contributed by atoms with E-state index < -0.39 is 17.8 Å². The number of pyridine rings is 1. The van der Waals surface area contributed by atoms with Crippen molar-refractivity contribution in [2.45, 2.75) is 39.4 Å². The SMILES string of the molecule is Cc1cccc(-c2ccn(-c3cc(N4CCOCC4)c4oc(C(O)C#CCN(C)C(=O)OC(C)(C)C)cc4n3)n2)c1. The van der Waals surface area contributed by atoms with Crippen molar-refractivity contribution in [1.29, 1.82) is 0 Å². The molecule has 1 aliphatic heterocycles. The maximum absolute atomic E-state index is 12.2. The third-order valence-electron chi connectivity index (χ3n) is 6.48. The van der Waals surface area contributed by atoms with Gasteiger partial charge in [0, 0.05) is 44.0 Å². The summed E-state index contributed by atoms with van der Waals surface area (Å²) >= 11 is 0. The standard InChI is InChI=1S/C31H35N5O5/c1-21-8-6-9-22(18-21)23-11-13-36(33-23)28-20-25(35-14-16-39-17-15-35)29-24(32-28)19-27(40-29)26(37)10-7-12-34(5)30(38)41-31(2,3)4/h6,8-9,11,13,18-20,26,37H,12,14-17H2,1-5H3. The first kappa shape index (κ1) is 28.2. The quantitative estimate of drug-likeness (QED) is 0.351. The van der Waals surface area contributed by atoms with Gasteiger partial charge in [-0.25, -0.2) is 14.5 Å². The number of fused-ring (bicyclic) bond motifs is 1.